The molecule has 224 valence electrons. The van der Waals surface area contributed by atoms with E-state index < -0.39 is 5.60 Å². The fourth-order valence-electron chi connectivity index (χ4n) is 5.77. The lowest BCUT2D eigenvalue weighted by Gasteiger charge is -2.48. The first kappa shape index (κ1) is 29.4. The predicted molar refractivity (Wildman–Crippen MR) is 160 cm³/mol. The Bertz CT molecular complexity index is 1190. The molecule has 2 aromatic rings. The van der Waals surface area contributed by atoms with Crippen LogP contribution in [0, 0.1) is 0 Å². The van der Waals surface area contributed by atoms with Gasteiger partial charge in [-0.3, -0.25) is 4.90 Å². The van der Waals surface area contributed by atoms with E-state index >= 15 is 0 Å². The molecule has 0 bridgehead atoms. The summed E-state index contributed by atoms with van der Waals surface area (Å²) in [6.45, 7) is 17.0. The molecule has 0 spiro atoms. The molecule has 0 aliphatic carbocycles. The van der Waals surface area contributed by atoms with Gasteiger partial charge in [-0.15, -0.1) is 0 Å². The number of carbonyl (C=O) groups excluding carboxylic acids is 1. The smallest absolute Gasteiger partial charge is 0.410 e. The first-order chi connectivity index (χ1) is 19.8. The summed E-state index contributed by atoms with van der Waals surface area (Å²) in [6.07, 6.45) is 4.97. The summed E-state index contributed by atoms with van der Waals surface area (Å²) in [6, 6.07) is 6.91. The fraction of sp³-hybridized carbons (Fsp3) is 0.645. The van der Waals surface area contributed by atoms with Crippen LogP contribution in [0.4, 0.5) is 22.1 Å². The molecule has 1 unspecified atom stereocenters. The highest BCUT2D eigenvalue weighted by molar-refractivity contribution is 5.72. The molecule has 4 aliphatic rings. The molecule has 1 aromatic carbocycles. The number of piperidine rings is 1. The summed E-state index contributed by atoms with van der Waals surface area (Å²) in [5, 5.41) is 3.55. The van der Waals surface area contributed by atoms with Gasteiger partial charge in [0.1, 0.15) is 35.9 Å². The number of morpholine rings is 1. The van der Waals surface area contributed by atoms with Gasteiger partial charge in [0.25, 0.3) is 0 Å². The maximum Gasteiger partial charge on any atom is 0.410 e. The second kappa shape index (κ2) is 12.8. The van der Waals surface area contributed by atoms with Crippen LogP contribution >= 0.6 is 0 Å². The highest BCUT2D eigenvalue weighted by Gasteiger charge is 2.39. The van der Waals surface area contributed by atoms with Crippen molar-refractivity contribution in [2.45, 2.75) is 78.0 Å². The van der Waals surface area contributed by atoms with E-state index in [0.717, 1.165) is 80.7 Å². The summed E-state index contributed by atoms with van der Waals surface area (Å²) in [5.74, 6) is 2.99. The summed E-state index contributed by atoms with van der Waals surface area (Å²) in [4.78, 5) is 28.1. The van der Waals surface area contributed by atoms with Crippen LogP contribution in [-0.4, -0.2) is 90.0 Å². The Balaban J connectivity index is 0.00000108. The summed E-state index contributed by atoms with van der Waals surface area (Å²) >= 11 is 0. The van der Waals surface area contributed by atoms with Crippen molar-refractivity contribution in [3.8, 4) is 5.75 Å². The monoisotopic (exact) mass is 566 g/mol. The van der Waals surface area contributed by atoms with Gasteiger partial charge >= 0.3 is 6.09 Å². The number of ether oxygens (including phenoxy) is 3. The van der Waals surface area contributed by atoms with Crippen molar-refractivity contribution < 1.29 is 19.0 Å². The van der Waals surface area contributed by atoms with Crippen LogP contribution in [-0.2, 0) is 16.1 Å². The number of hydrogen-bond donors (Lipinski definition) is 1. The molecule has 1 atom stereocenters. The Morgan fingerprint density at radius 3 is 2.59 bits per heavy atom. The average Bonchev–Trinajstić information content (AvgIpc) is 3.11. The Morgan fingerprint density at radius 2 is 1.85 bits per heavy atom. The molecule has 3 saturated heterocycles. The van der Waals surface area contributed by atoms with Crippen LogP contribution in [0.15, 0.2) is 24.5 Å². The van der Waals surface area contributed by atoms with Gasteiger partial charge < -0.3 is 29.3 Å². The summed E-state index contributed by atoms with van der Waals surface area (Å²) < 4.78 is 17.3. The Hall–Kier alpha value is -3.11. The van der Waals surface area contributed by atoms with E-state index in [1.54, 1.807) is 6.33 Å². The number of hydrogen-bond acceptors (Lipinski definition) is 9. The summed E-state index contributed by atoms with van der Waals surface area (Å²) in [7, 11) is 0. The van der Waals surface area contributed by atoms with Crippen molar-refractivity contribution >= 4 is 23.4 Å². The van der Waals surface area contributed by atoms with Gasteiger partial charge in [-0.2, -0.15) is 0 Å². The van der Waals surface area contributed by atoms with E-state index in [4.69, 9.17) is 14.2 Å². The van der Waals surface area contributed by atoms with Crippen LogP contribution in [0.2, 0.25) is 0 Å². The van der Waals surface area contributed by atoms with Gasteiger partial charge in [-0.05, 0) is 63.8 Å². The molecular weight excluding hydrogens is 520 g/mol. The number of fused-ring (bicyclic) bond motifs is 2. The van der Waals surface area contributed by atoms with Crippen molar-refractivity contribution in [1.29, 1.82) is 0 Å². The molecule has 4 aliphatic heterocycles. The van der Waals surface area contributed by atoms with Crippen LogP contribution in [0.1, 0.15) is 70.9 Å². The zero-order chi connectivity index (χ0) is 29.0. The molecule has 1 amide bonds. The number of aromatic nitrogens is 2. The Kier molecular flexibility index (Phi) is 9.19. The van der Waals surface area contributed by atoms with E-state index in [1.807, 2.05) is 25.7 Å². The number of amides is 1. The lowest BCUT2D eigenvalue weighted by atomic mass is 9.88. The maximum absolute atomic E-state index is 12.4. The SMILES string of the molecule is CC(C)(C)OC(=O)N1CC(N2CCCC(c3ccc4c(c3)Nc3ncnc(N5CCOCC5)c3CO4)C2)C1.CCC. The third-order valence-electron chi connectivity index (χ3n) is 7.82. The number of likely N-dealkylation sites (tertiary alicyclic amines) is 2. The van der Waals surface area contributed by atoms with E-state index in [9.17, 15) is 4.79 Å². The molecule has 10 nitrogen and oxygen atoms in total. The molecule has 10 heteroatoms. The predicted octanol–water partition coefficient (Wildman–Crippen LogP) is 5.16. The minimum atomic E-state index is -0.460. The normalized spacial score (nSPS) is 21.1. The van der Waals surface area contributed by atoms with Crippen molar-refractivity contribution in [2.24, 2.45) is 0 Å². The maximum atomic E-state index is 12.4. The lowest BCUT2D eigenvalue weighted by molar-refractivity contribution is -0.0202. The van der Waals surface area contributed by atoms with Crippen molar-refractivity contribution in [3.63, 3.8) is 0 Å². The van der Waals surface area contributed by atoms with E-state index in [1.165, 1.54) is 12.0 Å². The van der Waals surface area contributed by atoms with Crippen molar-refractivity contribution in [3.05, 3.63) is 35.7 Å². The molecule has 1 N–H and O–H groups in total. The van der Waals surface area contributed by atoms with Crippen LogP contribution in [0.3, 0.4) is 0 Å². The number of benzene rings is 1. The first-order valence-electron chi connectivity index (χ1n) is 15.2. The second-order valence-corrected chi connectivity index (χ2v) is 12.4. The third kappa shape index (κ3) is 7.04. The van der Waals surface area contributed by atoms with Gasteiger partial charge in [-0.1, -0.05) is 26.3 Å². The van der Waals surface area contributed by atoms with E-state index in [2.05, 4.69) is 57.1 Å². The topological polar surface area (TPSA) is 92.3 Å². The molecule has 1 aromatic heterocycles. The lowest BCUT2D eigenvalue weighted by Crippen LogP contribution is -2.62. The van der Waals surface area contributed by atoms with Gasteiger partial charge in [-0.25, -0.2) is 14.8 Å². The highest BCUT2D eigenvalue weighted by atomic mass is 16.6. The van der Waals surface area contributed by atoms with Crippen LogP contribution in [0.5, 0.6) is 5.75 Å². The van der Waals surface area contributed by atoms with Crippen LogP contribution < -0.4 is 15.0 Å². The molecule has 3 fully saturated rings. The Labute approximate surface area is 244 Å². The minimum Gasteiger partial charge on any atom is -0.486 e. The third-order valence-corrected chi connectivity index (χ3v) is 7.82. The average molecular weight is 567 g/mol. The standard InChI is InChI=1S/C28H38N6O4.C3H8/c1-28(2,3)38-27(35)34-15-21(16-34)33-8-4-5-20(14-33)19-6-7-24-23(13-19)31-25-22(17-37-24)26(30-18-29-25)32-9-11-36-12-10-32;1-3-2/h6-7,13,18,20-21H,4-5,8-12,14-17H2,1-3H3,(H,29,30,31);3H2,1-2H3. The zero-order valence-electron chi connectivity index (χ0n) is 25.3. The quantitative estimate of drug-likeness (QED) is 0.541. The van der Waals surface area contributed by atoms with E-state index in [-0.39, 0.29) is 6.09 Å². The van der Waals surface area contributed by atoms with Crippen LogP contribution in [0.25, 0.3) is 0 Å². The number of nitrogens with one attached hydrogen (secondary N) is 1. The van der Waals surface area contributed by atoms with Gasteiger partial charge in [0.15, 0.2) is 0 Å². The summed E-state index contributed by atoms with van der Waals surface area (Å²) in [5.41, 5.74) is 2.77. The minimum absolute atomic E-state index is 0.208. The molecule has 5 heterocycles. The number of rotatable bonds is 3. The largest absolute Gasteiger partial charge is 0.486 e. The van der Waals surface area contributed by atoms with Crippen molar-refractivity contribution in [2.75, 3.05) is 62.7 Å². The second-order valence-electron chi connectivity index (χ2n) is 12.4. The number of nitrogens with zero attached hydrogens (tertiary/aromatic N) is 5. The van der Waals surface area contributed by atoms with E-state index in [0.29, 0.717) is 31.8 Å². The van der Waals surface area contributed by atoms with Crippen molar-refractivity contribution in [1.82, 2.24) is 19.8 Å². The number of carbonyl (C=O) groups is 1. The van der Waals surface area contributed by atoms with Gasteiger partial charge in [0, 0.05) is 38.8 Å². The first-order valence-corrected chi connectivity index (χ1v) is 15.2. The van der Waals surface area contributed by atoms with Gasteiger partial charge in [0.2, 0.25) is 0 Å². The number of anilines is 3. The fourth-order valence-corrected chi connectivity index (χ4v) is 5.77. The van der Waals surface area contributed by atoms with Gasteiger partial charge in [0.05, 0.1) is 24.5 Å². The molecule has 0 saturated carbocycles. The molecule has 0 radical (unpaired) electrons. The zero-order valence-corrected chi connectivity index (χ0v) is 25.3. The molecular formula is C31H46N6O4. The molecule has 41 heavy (non-hydrogen) atoms. The Morgan fingerprint density at radius 1 is 1.10 bits per heavy atom. The molecule has 6 rings (SSSR count). The highest BCUT2D eigenvalue weighted by Crippen LogP contribution is 2.39.